The standard InChI is InChI=1S/C15H21NO4S2/c1-16-22(19,20)13-8-7-12(21-13)15(14(17)18)9-11(15)10-5-3-2-4-6-10/h7-8,10-11,16H,2-6,9H2,1H3,(H,17,18). The number of carbonyl (C=O) groups is 1. The maximum Gasteiger partial charge on any atom is 0.315 e. The number of sulfonamides is 1. The molecule has 2 saturated carbocycles. The molecule has 2 atom stereocenters. The van der Waals surface area contributed by atoms with E-state index in [-0.39, 0.29) is 10.1 Å². The van der Waals surface area contributed by atoms with E-state index in [4.69, 9.17) is 0 Å². The van der Waals surface area contributed by atoms with Gasteiger partial charge in [-0.3, -0.25) is 4.79 Å². The van der Waals surface area contributed by atoms with Gasteiger partial charge in [0, 0.05) is 4.88 Å². The van der Waals surface area contributed by atoms with Crippen LogP contribution < -0.4 is 4.72 Å². The van der Waals surface area contributed by atoms with E-state index in [1.165, 1.54) is 32.4 Å². The van der Waals surface area contributed by atoms with Gasteiger partial charge in [0.05, 0.1) is 0 Å². The third-order valence-corrected chi connectivity index (χ3v) is 8.34. The van der Waals surface area contributed by atoms with Gasteiger partial charge in [0.15, 0.2) is 0 Å². The molecule has 22 heavy (non-hydrogen) atoms. The molecule has 0 amide bonds. The summed E-state index contributed by atoms with van der Waals surface area (Å²) < 4.78 is 26.2. The minimum absolute atomic E-state index is 0.161. The van der Waals surface area contributed by atoms with E-state index in [1.807, 2.05) is 0 Å². The van der Waals surface area contributed by atoms with E-state index in [9.17, 15) is 18.3 Å². The van der Waals surface area contributed by atoms with Crippen molar-refractivity contribution >= 4 is 27.3 Å². The van der Waals surface area contributed by atoms with Crippen molar-refractivity contribution in [2.45, 2.75) is 48.1 Å². The molecule has 0 radical (unpaired) electrons. The molecule has 1 aromatic rings. The lowest BCUT2D eigenvalue weighted by Gasteiger charge is -2.23. The van der Waals surface area contributed by atoms with Crippen molar-refractivity contribution in [3.8, 4) is 0 Å². The Morgan fingerprint density at radius 3 is 2.59 bits per heavy atom. The van der Waals surface area contributed by atoms with Crippen LogP contribution in [-0.2, 0) is 20.2 Å². The molecule has 1 aromatic heterocycles. The smallest absolute Gasteiger partial charge is 0.315 e. The Kier molecular flexibility index (Phi) is 4.07. The Morgan fingerprint density at radius 2 is 2.00 bits per heavy atom. The van der Waals surface area contributed by atoms with Crippen molar-refractivity contribution in [1.82, 2.24) is 4.72 Å². The fourth-order valence-electron chi connectivity index (χ4n) is 3.83. The molecule has 5 nitrogen and oxygen atoms in total. The summed E-state index contributed by atoms with van der Waals surface area (Å²) in [6.45, 7) is 0. The van der Waals surface area contributed by atoms with E-state index in [0.717, 1.165) is 24.2 Å². The number of carboxylic acids is 1. The molecule has 2 N–H and O–H groups in total. The van der Waals surface area contributed by atoms with Crippen LogP contribution in [0.3, 0.4) is 0 Å². The summed E-state index contributed by atoms with van der Waals surface area (Å²) in [6.07, 6.45) is 6.46. The van der Waals surface area contributed by atoms with Crippen LogP contribution in [0.1, 0.15) is 43.4 Å². The molecule has 2 fully saturated rings. The summed E-state index contributed by atoms with van der Waals surface area (Å²) in [4.78, 5) is 12.6. The van der Waals surface area contributed by atoms with Gasteiger partial charge in [-0.2, -0.15) is 0 Å². The zero-order valence-corrected chi connectivity index (χ0v) is 14.2. The average molecular weight is 343 g/mol. The molecule has 2 unspecified atom stereocenters. The van der Waals surface area contributed by atoms with Crippen LogP contribution in [0, 0.1) is 11.8 Å². The third-order valence-electron chi connectivity index (χ3n) is 5.17. The second kappa shape index (κ2) is 5.62. The van der Waals surface area contributed by atoms with Crippen molar-refractivity contribution in [2.24, 2.45) is 11.8 Å². The Balaban J connectivity index is 1.89. The van der Waals surface area contributed by atoms with E-state index in [1.54, 1.807) is 6.07 Å². The van der Waals surface area contributed by atoms with Gasteiger partial charge in [-0.25, -0.2) is 13.1 Å². The lowest BCUT2D eigenvalue weighted by atomic mass is 9.82. The molecule has 0 aromatic carbocycles. The van der Waals surface area contributed by atoms with Crippen molar-refractivity contribution in [3.63, 3.8) is 0 Å². The molecule has 7 heteroatoms. The van der Waals surface area contributed by atoms with Crippen molar-refractivity contribution in [1.29, 1.82) is 0 Å². The van der Waals surface area contributed by atoms with Gasteiger partial charge < -0.3 is 5.11 Å². The predicted octanol–water partition coefficient (Wildman–Crippen LogP) is 2.58. The fraction of sp³-hybridized carbons (Fsp3) is 0.667. The van der Waals surface area contributed by atoms with Gasteiger partial charge in [0.2, 0.25) is 10.0 Å². The molecule has 122 valence electrons. The molecule has 3 rings (SSSR count). The van der Waals surface area contributed by atoms with Crippen molar-refractivity contribution in [2.75, 3.05) is 7.05 Å². The van der Waals surface area contributed by atoms with Crippen LogP contribution in [0.5, 0.6) is 0 Å². The van der Waals surface area contributed by atoms with Gasteiger partial charge in [0.1, 0.15) is 9.62 Å². The van der Waals surface area contributed by atoms with Crippen LogP contribution in [0.25, 0.3) is 0 Å². The summed E-state index contributed by atoms with van der Waals surface area (Å²) in [5.41, 5.74) is -0.853. The van der Waals surface area contributed by atoms with E-state index >= 15 is 0 Å². The molecule has 0 aliphatic heterocycles. The third kappa shape index (κ3) is 2.49. The number of nitrogens with one attached hydrogen (secondary N) is 1. The van der Waals surface area contributed by atoms with Gasteiger partial charge in [-0.15, -0.1) is 11.3 Å². The van der Waals surface area contributed by atoms with Crippen LogP contribution >= 0.6 is 11.3 Å². The van der Waals surface area contributed by atoms with Crippen LogP contribution in [0.4, 0.5) is 0 Å². The maximum absolute atomic E-state index is 11.9. The first-order valence-electron chi connectivity index (χ1n) is 7.69. The fourth-order valence-corrected chi connectivity index (χ4v) is 6.23. The summed E-state index contributed by atoms with van der Waals surface area (Å²) in [5.74, 6) is -0.177. The molecular formula is C15H21NO4S2. The number of rotatable bonds is 5. The highest BCUT2D eigenvalue weighted by Gasteiger charge is 2.64. The molecule has 2 aliphatic carbocycles. The lowest BCUT2D eigenvalue weighted by Crippen LogP contribution is -2.25. The van der Waals surface area contributed by atoms with Gasteiger partial charge >= 0.3 is 5.97 Å². The molecule has 0 saturated heterocycles. The molecule has 0 bridgehead atoms. The number of carboxylic acid groups (broad SMARTS) is 1. The summed E-state index contributed by atoms with van der Waals surface area (Å²) in [5, 5.41) is 9.77. The Hall–Kier alpha value is -0.920. The summed E-state index contributed by atoms with van der Waals surface area (Å²) in [6, 6.07) is 3.21. The first kappa shape index (κ1) is 16.0. The largest absolute Gasteiger partial charge is 0.481 e. The minimum Gasteiger partial charge on any atom is -0.481 e. The number of aliphatic carboxylic acids is 1. The molecular weight excluding hydrogens is 322 g/mol. The Morgan fingerprint density at radius 1 is 1.32 bits per heavy atom. The second-order valence-electron chi connectivity index (χ2n) is 6.31. The van der Waals surface area contributed by atoms with Gasteiger partial charge in [-0.1, -0.05) is 32.1 Å². The summed E-state index contributed by atoms with van der Waals surface area (Å²) in [7, 11) is -2.14. The van der Waals surface area contributed by atoms with Crippen LogP contribution in [0.2, 0.25) is 0 Å². The van der Waals surface area contributed by atoms with Gasteiger partial charge in [0.25, 0.3) is 0 Å². The van der Waals surface area contributed by atoms with E-state index in [0.29, 0.717) is 17.2 Å². The SMILES string of the molecule is CNS(=O)(=O)c1ccc(C2(C(=O)O)CC2C2CCCCC2)s1. The topological polar surface area (TPSA) is 83.5 Å². The second-order valence-corrected chi connectivity index (χ2v) is 9.51. The zero-order chi connectivity index (χ0) is 16.0. The number of thiophene rings is 1. The monoisotopic (exact) mass is 343 g/mol. The van der Waals surface area contributed by atoms with Crippen LogP contribution in [-0.4, -0.2) is 26.5 Å². The molecule has 0 spiro atoms. The molecule has 1 heterocycles. The minimum atomic E-state index is -3.50. The van der Waals surface area contributed by atoms with Crippen LogP contribution in [0.15, 0.2) is 16.3 Å². The zero-order valence-electron chi connectivity index (χ0n) is 12.5. The number of hydrogen-bond donors (Lipinski definition) is 2. The highest BCUT2D eigenvalue weighted by Crippen LogP contribution is 2.62. The first-order chi connectivity index (χ1) is 10.4. The lowest BCUT2D eigenvalue weighted by molar-refractivity contribution is -0.140. The Labute approximate surface area is 134 Å². The number of hydrogen-bond acceptors (Lipinski definition) is 4. The Bertz CT molecular complexity index is 675. The van der Waals surface area contributed by atoms with E-state index < -0.39 is 21.4 Å². The van der Waals surface area contributed by atoms with Crippen molar-refractivity contribution < 1.29 is 18.3 Å². The maximum atomic E-state index is 11.9. The normalized spacial score (nSPS) is 29.4. The quantitative estimate of drug-likeness (QED) is 0.861. The van der Waals surface area contributed by atoms with E-state index in [2.05, 4.69) is 4.72 Å². The highest BCUT2D eigenvalue weighted by atomic mass is 32.2. The first-order valence-corrected chi connectivity index (χ1v) is 9.99. The molecule has 2 aliphatic rings. The average Bonchev–Trinajstić information content (AvgIpc) is 3.08. The van der Waals surface area contributed by atoms with Gasteiger partial charge in [-0.05, 0) is 37.4 Å². The predicted molar refractivity (Wildman–Crippen MR) is 84.6 cm³/mol. The highest BCUT2D eigenvalue weighted by molar-refractivity contribution is 7.91. The van der Waals surface area contributed by atoms with Crippen molar-refractivity contribution in [3.05, 3.63) is 17.0 Å². The summed E-state index contributed by atoms with van der Waals surface area (Å²) >= 11 is 1.10.